The molecule has 22 heavy (non-hydrogen) atoms. The van der Waals surface area contributed by atoms with Crippen molar-refractivity contribution < 1.29 is 9.26 Å². The van der Waals surface area contributed by atoms with E-state index >= 15 is 0 Å². The Kier molecular flexibility index (Phi) is 3.76. The van der Waals surface area contributed by atoms with Crippen molar-refractivity contribution in [3.05, 3.63) is 24.2 Å². The van der Waals surface area contributed by atoms with E-state index in [1.54, 1.807) is 0 Å². The molecule has 116 valence electrons. The van der Waals surface area contributed by atoms with Crippen LogP contribution in [-0.2, 0) is 4.74 Å². The molecule has 6 nitrogen and oxygen atoms in total. The van der Waals surface area contributed by atoms with E-state index in [9.17, 15) is 0 Å². The monoisotopic (exact) mass is 300 g/mol. The van der Waals surface area contributed by atoms with E-state index in [2.05, 4.69) is 20.0 Å². The molecule has 2 aromatic heterocycles. The van der Waals surface area contributed by atoms with E-state index < -0.39 is 0 Å². The Bertz CT molecular complexity index is 631. The van der Waals surface area contributed by atoms with Crippen molar-refractivity contribution in [3.8, 4) is 11.4 Å². The van der Waals surface area contributed by atoms with Gasteiger partial charge in [-0.2, -0.15) is 4.98 Å². The number of anilines is 1. The van der Waals surface area contributed by atoms with E-state index in [-0.39, 0.29) is 0 Å². The lowest BCUT2D eigenvalue weighted by molar-refractivity contribution is 0.122. The summed E-state index contributed by atoms with van der Waals surface area (Å²) in [6.45, 7) is 3.24. The Labute approximate surface area is 129 Å². The number of ether oxygens (including phenoxy) is 1. The molecule has 0 N–H and O–H groups in total. The Morgan fingerprint density at radius 3 is 2.77 bits per heavy atom. The number of morpholine rings is 1. The van der Waals surface area contributed by atoms with Crippen LogP contribution in [-0.4, -0.2) is 41.4 Å². The Morgan fingerprint density at radius 1 is 1.14 bits per heavy atom. The fourth-order valence-electron chi connectivity index (χ4n) is 3.21. The minimum Gasteiger partial charge on any atom is -0.378 e. The molecule has 4 rings (SSSR count). The Morgan fingerprint density at radius 2 is 1.95 bits per heavy atom. The summed E-state index contributed by atoms with van der Waals surface area (Å²) in [5.41, 5.74) is 0.962. The average Bonchev–Trinajstić information content (AvgIpc) is 3.27. The van der Waals surface area contributed by atoms with E-state index in [0.29, 0.717) is 11.7 Å². The molecule has 0 unspecified atom stereocenters. The lowest BCUT2D eigenvalue weighted by atomic mass is 10.1. The highest BCUT2D eigenvalue weighted by Gasteiger charge is 2.23. The molecule has 2 fully saturated rings. The van der Waals surface area contributed by atoms with E-state index in [1.807, 2.05) is 18.3 Å². The van der Waals surface area contributed by atoms with Crippen LogP contribution in [0.15, 0.2) is 22.9 Å². The highest BCUT2D eigenvalue weighted by Crippen LogP contribution is 2.34. The van der Waals surface area contributed by atoms with Gasteiger partial charge in [-0.15, -0.1) is 0 Å². The van der Waals surface area contributed by atoms with Crippen molar-refractivity contribution in [1.29, 1.82) is 0 Å². The molecule has 1 aliphatic heterocycles. The van der Waals surface area contributed by atoms with Crippen LogP contribution in [0, 0.1) is 0 Å². The molecule has 2 aliphatic rings. The standard InChI is InChI=1S/C16H20N4O2/c1-2-4-12(3-1)16-18-15(19-22-16)13-5-6-17-14(11-13)20-7-9-21-10-8-20/h5-6,11-12H,1-4,7-10H2. The number of nitrogens with zero attached hydrogens (tertiary/aromatic N) is 4. The van der Waals surface area contributed by atoms with E-state index in [4.69, 9.17) is 9.26 Å². The summed E-state index contributed by atoms with van der Waals surface area (Å²) in [5.74, 6) is 2.85. The molecular formula is C16H20N4O2. The Hall–Kier alpha value is -1.95. The third-order valence-electron chi connectivity index (χ3n) is 4.48. The number of hydrogen-bond acceptors (Lipinski definition) is 6. The molecule has 1 saturated carbocycles. The van der Waals surface area contributed by atoms with Gasteiger partial charge in [0.25, 0.3) is 0 Å². The largest absolute Gasteiger partial charge is 0.378 e. The van der Waals surface area contributed by atoms with Crippen molar-refractivity contribution in [2.45, 2.75) is 31.6 Å². The van der Waals surface area contributed by atoms with Gasteiger partial charge in [-0.25, -0.2) is 4.98 Å². The topological polar surface area (TPSA) is 64.3 Å². The van der Waals surface area contributed by atoms with Gasteiger partial charge in [-0.1, -0.05) is 18.0 Å². The maximum atomic E-state index is 5.47. The van der Waals surface area contributed by atoms with Crippen LogP contribution in [0.2, 0.25) is 0 Å². The van der Waals surface area contributed by atoms with Gasteiger partial charge < -0.3 is 14.2 Å². The van der Waals surface area contributed by atoms with E-state index in [0.717, 1.165) is 56.4 Å². The molecule has 0 amide bonds. The summed E-state index contributed by atoms with van der Waals surface area (Å²) in [6, 6.07) is 3.97. The summed E-state index contributed by atoms with van der Waals surface area (Å²) in [5, 5.41) is 4.16. The highest BCUT2D eigenvalue weighted by atomic mass is 16.5. The second kappa shape index (κ2) is 6.04. The van der Waals surface area contributed by atoms with Gasteiger partial charge in [0, 0.05) is 30.8 Å². The molecule has 0 atom stereocenters. The smallest absolute Gasteiger partial charge is 0.230 e. The van der Waals surface area contributed by atoms with Gasteiger partial charge in [0.15, 0.2) is 0 Å². The maximum absolute atomic E-state index is 5.47. The van der Waals surface area contributed by atoms with Crippen molar-refractivity contribution in [3.63, 3.8) is 0 Å². The van der Waals surface area contributed by atoms with Crippen LogP contribution >= 0.6 is 0 Å². The first-order valence-electron chi connectivity index (χ1n) is 8.03. The SMILES string of the molecule is c1cc(-c2noc(C3CCCC3)n2)cc(N2CCOCC2)n1. The van der Waals surface area contributed by atoms with Crippen molar-refractivity contribution in [1.82, 2.24) is 15.1 Å². The molecule has 0 bridgehead atoms. The van der Waals surface area contributed by atoms with Crippen molar-refractivity contribution in [2.75, 3.05) is 31.2 Å². The fraction of sp³-hybridized carbons (Fsp3) is 0.562. The summed E-state index contributed by atoms with van der Waals surface area (Å²) in [7, 11) is 0. The molecule has 0 aromatic carbocycles. The van der Waals surface area contributed by atoms with Gasteiger partial charge >= 0.3 is 0 Å². The van der Waals surface area contributed by atoms with Crippen LogP contribution in [0.25, 0.3) is 11.4 Å². The predicted octanol–water partition coefficient (Wildman–Crippen LogP) is 2.63. The molecule has 6 heteroatoms. The summed E-state index contributed by atoms with van der Waals surface area (Å²) in [6.07, 6.45) is 6.66. The zero-order valence-corrected chi connectivity index (χ0v) is 12.6. The second-order valence-electron chi connectivity index (χ2n) is 5.94. The van der Waals surface area contributed by atoms with E-state index in [1.165, 1.54) is 12.8 Å². The van der Waals surface area contributed by atoms with Crippen LogP contribution in [0.5, 0.6) is 0 Å². The zero-order valence-electron chi connectivity index (χ0n) is 12.6. The first kappa shape index (κ1) is 13.7. The lowest BCUT2D eigenvalue weighted by Crippen LogP contribution is -2.36. The van der Waals surface area contributed by atoms with Crippen LogP contribution < -0.4 is 4.90 Å². The van der Waals surface area contributed by atoms with Gasteiger partial charge in [0.1, 0.15) is 5.82 Å². The van der Waals surface area contributed by atoms with Crippen LogP contribution in [0.1, 0.15) is 37.5 Å². The van der Waals surface area contributed by atoms with Gasteiger partial charge in [-0.3, -0.25) is 0 Å². The Balaban J connectivity index is 1.56. The fourth-order valence-corrected chi connectivity index (χ4v) is 3.21. The predicted molar refractivity (Wildman–Crippen MR) is 81.8 cm³/mol. The highest BCUT2D eigenvalue weighted by molar-refractivity contribution is 5.59. The first-order valence-corrected chi connectivity index (χ1v) is 8.03. The average molecular weight is 300 g/mol. The van der Waals surface area contributed by atoms with Crippen LogP contribution in [0.3, 0.4) is 0 Å². The molecule has 2 aromatic rings. The van der Waals surface area contributed by atoms with Gasteiger partial charge in [0.05, 0.1) is 13.2 Å². The third-order valence-corrected chi connectivity index (χ3v) is 4.48. The molecule has 0 radical (unpaired) electrons. The quantitative estimate of drug-likeness (QED) is 0.868. The molecule has 1 saturated heterocycles. The van der Waals surface area contributed by atoms with Crippen molar-refractivity contribution in [2.24, 2.45) is 0 Å². The van der Waals surface area contributed by atoms with Gasteiger partial charge in [-0.05, 0) is 25.0 Å². The normalized spacial score (nSPS) is 19.7. The molecule has 3 heterocycles. The number of hydrogen-bond donors (Lipinski definition) is 0. The molecule has 0 spiro atoms. The minimum atomic E-state index is 0.446. The lowest BCUT2D eigenvalue weighted by Gasteiger charge is -2.27. The first-order chi connectivity index (χ1) is 10.9. The number of rotatable bonds is 3. The summed E-state index contributed by atoms with van der Waals surface area (Å²) >= 11 is 0. The minimum absolute atomic E-state index is 0.446. The molecular weight excluding hydrogens is 280 g/mol. The number of aromatic nitrogens is 3. The number of pyridine rings is 1. The second-order valence-corrected chi connectivity index (χ2v) is 5.94. The molecule has 1 aliphatic carbocycles. The van der Waals surface area contributed by atoms with Crippen LogP contribution in [0.4, 0.5) is 5.82 Å². The van der Waals surface area contributed by atoms with Crippen molar-refractivity contribution >= 4 is 5.82 Å². The van der Waals surface area contributed by atoms with Gasteiger partial charge in [0.2, 0.25) is 11.7 Å². The zero-order chi connectivity index (χ0) is 14.8. The maximum Gasteiger partial charge on any atom is 0.230 e. The third kappa shape index (κ3) is 2.70. The summed E-state index contributed by atoms with van der Waals surface area (Å²) < 4.78 is 10.9. The summed E-state index contributed by atoms with van der Waals surface area (Å²) in [4.78, 5) is 11.3.